The summed E-state index contributed by atoms with van der Waals surface area (Å²) in [7, 11) is 0. The first-order valence-corrected chi connectivity index (χ1v) is 16.5. The van der Waals surface area contributed by atoms with Crippen molar-refractivity contribution in [3.8, 4) is 0 Å². The maximum Gasteiger partial charge on any atom is -0.0235 e. The van der Waals surface area contributed by atoms with Gasteiger partial charge in [0, 0.05) is 0 Å². The average Bonchev–Trinajstić information content (AvgIpc) is 3.41. The van der Waals surface area contributed by atoms with Crippen LogP contribution in [0, 0.1) is 69.0 Å². The summed E-state index contributed by atoms with van der Waals surface area (Å²) in [6.07, 6.45) is 22.7. The summed E-state index contributed by atoms with van der Waals surface area (Å²) < 4.78 is 0. The Bertz CT molecular complexity index is 747. The SMILES string of the molecule is CCCCCC1CC[C@@]2(C)C(CC[C@]3(C)[C@@H]2CC[C@H]2[C@@H]([C@H]4CCC(C(C)C)C4)CC[C@@]23C)C1(C)C. The Labute approximate surface area is 220 Å². The molecule has 5 aliphatic carbocycles. The molecule has 0 spiro atoms. The molecule has 5 aliphatic rings. The summed E-state index contributed by atoms with van der Waals surface area (Å²) in [5.74, 6) is 7.94. The van der Waals surface area contributed by atoms with Crippen LogP contribution in [0.15, 0.2) is 0 Å². The van der Waals surface area contributed by atoms with Gasteiger partial charge in [0.25, 0.3) is 0 Å². The number of fused-ring (bicyclic) bond motifs is 5. The highest BCUT2D eigenvalue weighted by Crippen LogP contribution is 2.76. The van der Waals surface area contributed by atoms with Gasteiger partial charge in [0.15, 0.2) is 0 Å². The lowest BCUT2D eigenvalue weighted by Gasteiger charge is -2.70. The second-order valence-corrected chi connectivity index (χ2v) is 16.5. The molecule has 0 aromatic rings. The van der Waals surface area contributed by atoms with Crippen molar-refractivity contribution in [1.82, 2.24) is 0 Å². The summed E-state index contributed by atoms with van der Waals surface area (Å²) in [6.45, 7) is 21.2. The molecule has 3 unspecified atom stereocenters. The Hall–Kier alpha value is 0. The first-order chi connectivity index (χ1) is 16.5. The van der Waals surface area contributed by atoms with Gasteiger partial charge in [-0.25, -0.2) is 0 Å². The molecular weight excluding hydrogens is 420 g/mol. The van der Waals surface area contributed by atoms with Crippen LogP contribution in [0.25, 0.3) is 0 Å². The van der Waals surface area contributed by atoms with Crippen molar-refractivity contribution in [2.24, 2.45) is 69.0 Å². The van der Waals surface area contributed by atoms with Gasteiger partial charge in [-0.1, -0.05) is 74.7 Å². The molecule has 0 bridgehead atoms. The molecule has 0 heterocycles. The Balaban J connectivity index is 1.36. The van der Waals surface area contributed by atoms with Gasteiger partial charge in [-0.05, 0) is 146 Å². The van der Waals surface area contributed by atoms with Crippen LogP contribution >= 0.6 is 0 Å². The highest BCUT2D eigenvalue weighted by atomic mass is 14.7. The smallest absolute Gasteiger partial charge is 0.0235 e. The van der Waals surface area contributed by atoms with Crippen LogP contribution in [-0.2, 0) is 0 Å². The topological polar surface area (TPSA) is 0 Å². The minimum absolute atomic E-state index is 0.535. The fraction of sp³-hybridized carbons (Fsp3) is 1.00. The summed E-state index contributed by atoms with van der Waals surface area (Å²) in [5, 5.41) is 0. The highest BCUT2D eigenvalue weighted by molar-refractivity contribution is 5.17. The summed E-state index contributed by atoms with van der Waals surface area (Å²) in [5.41, 5.74) is 2.30. The van der Waals surface area contributed by atoms with Crippen LogP contribution in [-0.4, -0.2) is 0 Å². The fourth-order valence-corrected chi connectivity index (χ4v) is 12.6. The third-order valence-electron chi connectivity index (χ3n) is 14.9. The molecule has 202 valence electrons. The van der Waals surface area contributed by atoms with Crippen molar-refractivity contribution < 1.29 is 0 Å². The third-order valence-corrected chi connectivity index (χ3v) is 14.9. The molecule has 35 heavy (non-hydrogen) atoms. The van der Waals surface area contributed by atoms with E-state index in [4.69, 9.17) is 0 Å². The molecular formula is C35H62. The molecule has 0 amide bonds. The number of unbranched alkanes of at least 4 members (excludes halogenated alkanes) is 2. The molecule has 5 saturated carbocycles. The zero-order valence-corrected chi connectivity index (χ0v) is 25.2. The van der Waals surface area contributed by atoms with E-state index in [1.807, 2.05) is 0 Å². The molecule has 0 N–H and O–H groups in total. The first kappa shape index (κ1) is 26.6. The highest BCUT2D eigenvalue weighted by Gasteiger charge is 2.68. The van der Waals surface area contributed by atoms with Gasteiger partial charge in [0.2, 0.25) is 0 Å². The summed E-state index contributed by atoms with van der Waals surface area (Å²) >= 11 is 0. The monoisotopic (exact) mass is 482 g/mol. The minimum atomic E-state index is 0.535. The third kappa shape index (κ3) is 3.94. The van der Waals surface area contributed by atoms with Crippen molar-refractivity contribution >= 4 is 0 Å². The Kier molecular flexibility index (Phi) is 7.09. The molecule has 0 aromatic carbocycles. The van der Waals surface area contributed by atoms with E-state index in [1.54, 1.807) is 38.5 Å². The van der Waals surface area contributed by atoms with Crippen molar-refractivity contribution in [3.63, 3.8) is 0 Å². The van der Waals surface area contributed by atoms with Crippen LogP contribution in [0.4, 0.5) is 0 Å². The van der Waals surface area contributed by atoms with Crippen molar-refractivity contribution in [2.45, 2.75) is 152 Å². The first-order valence-electron chi connectivity index (χ1n) is 16.5. The van der Waals surface area contributed by atoms with Crippen molar-refractivity contribution in [1.29, 1.82) is 0 Å². The van der Waals surface area contributed by atoms with Crippen LogP contribution in [0.2, 0.25) is 0 Å². The van der Waals surface area contributed by atoms with Gasteiger partial charge in [-0.15, -0.1) is 0 Å². The zero-order chi connectivity index (χ0) is 25.2. The van der Waals surface area contributed by atoms with Crippen LogP contribution in [0.3, 0.4) is 0 Å². The van der Waals surface area contributed by atoms with E-state index in [9.17, 15) is 0 Å². The Morgan fingerprint density at radius 3 is 2.14 bits per heavy atom. The van der Waals surface area contributed by atoms with Crippen LogP contribution in [0.1, 0.15) is 152 Å². The lowest BCUT2D eigenvalue weighted by molar-refractivity contribution is -0.214. The van der Waals surface area contributed by atoms with Gasteiger partial charge in [0.1, 0.15) is 0 Å². The predicted octanol–water partition coefficient (Wildman–Crippen LogP) is 10.9. The van der Waals surface area contributed by atoms with Gasteiger partial charge < -0.3 is 0 Å². The largest absolute Gasteiger partial charge is 0.0654 e. The molecule has 0 nitrogen and oxygen atoms in total. The minimum Gasteiger partial charge on any atom is -0.0654 e. The molecule has 10 atom stereocenters. The van der Waals surface area contributed by atoms with E-state index in [1.165, 1.54) is 57.8 Å². The summed E-state index contributed by atoms with van der Waals surface area (Å²) in [4.78, 5) is 0. The van der Waals surface area contributed by atoms with E-state index in [0.717, 1.165) is 47.3 Å². The molecule has 0 aliphatic heterocycles. The second kappa shape index (κ2) is 9.33. The molecule has 0 radical (unpaired) electrons. The number of hydrogen-bond acceptors (Lipinski definition) is 0. The maximum absolute atomic E-state index is 2.83. The van der Waals surface area contributed by atoms with Gasteiger partial charge >= 0.3 is 0 Å². The lowest BCUT2D eigenvalue weighted by atomic mass is 9.34. The maximum atomic E-state index is 2.83. The zero-order valence-electron chi connectivity index (χ0n) is 25.2. The number of hydrogen-bond donors (Lipinski definition) is 0. The average molecular weight is 483 g/mol. The van der Waals surface area contributed by atoms with Crippen molar-refractivity contribution in [2.75, 3.05) is 0 Å². The fourth-order valence-electron chi connectivity index (χ4n) is 12.6. The van der Waals surface area contributed by atoms with Gasteiger partial charge in [-0.2, -0.15) is 0 Å². The van der Waals surface area contributed by atoms with Gasteiger partial charge in [-0.3, -0.25) is 0 Å². The predicted molar refractivity (Wildman–Crippen MR) is 152 cm³/mol. The molecule has 0 heteroatoms. The van der Waals surface area contributed by atoms with Crippen LogP contribution < -0.4 is 0 Å². The quantitative estimate of drug-likeness (QED) is 0.330. The normalized spacial score (nSPS) is 51.2. The standard InChI is InChI=1S/C35H62/c1-9-10-11-12-27-17-20-33(6)30(32(27,4)5)19-22-35(8)31(33)16-15-29-28(18-21-34(29,35)7)26-14-13-25(23-26)24(2)3/h24-31H,9-23H2,1-8H3/t25?,26-,27?,28+,29-,30?,31+,33-,34-,35+/m0/s1. The van der Waals surface area contributed by atoms with E-state index >= 15 is 0 Å². The molecule has 5 fully saturated rings. The number of rotatable bonds is 6. The van der Waals surface area contributed by atoms with E-state index in [2.05, 4.69) is 55.4 Å². The Morgan fingerprint density at radius 2 is 1.46 bits per heavy atom. The van der Waals surface area contributed by atoms with Gasteiger partial charge in [0.05, 0.1) is 0 Å². The lowest BCUT2D eigenvalue weighted by Crippen LogP contribution is -2.63. The van der Waals surface area contributed by atoms with E-state index in [0.29, 0.717) is 21.7 Å². The van der Waals surface area contributed by atoms with Crippen molar-refractivity contribution in [3.05, 3.63) is 0 Å². The van der Waals surface area contributed by atoms with E-state index < -0.39 is 0 Å². The molecule has 5 rings (SSSR count). The molecule has 0 aromatic heterocycles. The Morgan fingerprint density at radius 1 is 0.714 bits per heavy atom. The summed E-state index contributed by atoms with van der Waals surface area (Å²) in [6, 6.07) is 0. The van der Waals surface area contributed by atoms with Crippen LogP contribution in [0.5, 0.6) is 0 Å². The van der Waals surface area contributed by atoms with E-state index in [-0.39, 0.29) is 0 Å². The second-order valence-electron chi connectivity index (χ2n) is 16.5. The molecule has 0 saturated heterocycles.